The molecule has 0 radical (unpaired) electrons. The number of halogens is 1. The molecule has 1 aromatic rings. The van der Waals surface area contributed by atoms with Crippen molar-refractivity contribution in [3.63, 3.8) is 0 Å². The summed E-state index contributed by atoms with van der Waals surface area (Å²) in [6.45, 7) is 9.91. The van der Waals surface area contributed by atoms with Crippen LogP contribution in [0.1, 0.15) is 27.7 Å². The quantitative estimate of drug-likeness (QED) is 0.855. The van der Waals surface area contributed by atoms with Gasteiger partial charge in [-0.3, -0.25) is 0 Å². The molecule has 14 heavy (non-hydrogen) atoms. The fourth-order valence-corrected chi connectivity index (χ4v) is 1.73. The van der Waals surface area contributed by atoms with Crippen molar-refractivity contribution >= 4 is 28.1 Å². The summed E-state index contributed by atoms with van der Waals surface area (Å²) in [5.74, 6) is 0.602. The Labute approximate surface area is 94.7 Å². The molecule has 0 saturated carbocycles. The van der Waals surface area contributed by atoms with Crippen molar-refractivity contribution in [2.45, 2.75) is 27.7 Å². The molecule has 0 fully saturated rings. The summed E-state index contributed by atoms with van der Waals surface area (Å²) >= 11 is 7.27. The van der Waals surface area contributed by atoms with Crippen LogP contribution in [0.3, 0.4) is 0 Å². The van der Waals surface area contributed by atoms with E-state index in [1.165, 1.54) is 0 Å². The highest BCUT2D eigenvalue weighted by molar-refractivity contribution is 7.14. The van der Waals surface area contributed by atoms with Gasteiger partial charge < -0.3 is 5.32 Å². The van der Waals surface area contributed by atoms with Gasteiger partial charge in [-0.15, -0.1) is 11.3 Å². The first-order valence-corrected chi connectivity index (χ1v) is 6.00. The second-order valence-corrected chi connectivity index (χ2v) is 5.87. The molecule has 0 saturated heterocycles. The maximum absolute atomic E-state index is 5.72. The lowest BCUT2D eigenvalue weighted by Crippen LogP contribution is -2.24. The van der Waals surface area contributed by atoms with Gasteiger partial charge in [0.15, 0.2) is 5.13 Å². The lowest BCUT2D eigenvalue weighted by atomic mass is 9.82. The molecule has 1 aromatic heterocycles. The summed E-state index contributed by atoms with van der Waals surface area (Å²) in [5.41, 5.74) is 0.327. The standard InChI is InChI=1S/C10H17ClN2S/c1-7(10(2,3)4)5-12-9-13-8(11)6-14-9/h6-7H,5H2,1-4H3,(H,12,13). The highest BCUT2D eigenvalue weighted by Gasteiger charge is 2.19. The van der Waals surface area contributed by atoms with Crippen LogP contribution >= 0.6 is 22.9 Å². The second-order valence-electron chi connectivity index (χ2n) is 4.62. The zero-order chi connectivity index (χ0) is 10.8. The molecule has 0 spiro atoms. The van der Waals surface area contributed by atoms with E-state index in [0.717, 1.165) is 11.7 Å². The summed E-state index contributed by atoms with van der Waals surface area (Å²) in [4.78, 5) is 4.14. The lowest BCUT2D eigenvalue weighted by Gasteiger charge is -2.27. The summed E-state index contributed by atoms with van der Waals surface area (Å²) in [6, 6.07) is 0. The number of hydrogen-bond donors (Lipinski definition) is 1. The Balaban J connectivity index is 2.41. The van der Waals surface area contributed by atoms with Crippen LogP contribution < -0.4 is 5.32 Å². The number of nitrogens with one attached hydrogen (secondary N) is 1. The normalized spacial score (nSPS) is 14.1. The molecular weight excluding hydrogens is 216 g/mol. The third-order valence-corrected chi connectivity index (χ3v) is 3.64. The second kappa shape index (κ2) is 4.49. The third kappa shape index (κ3) is 3.46. The van der Waals surface area contributed by atoms with Gasteiger partial charge in [0.1, 0.15) is 5.15 Å². The molecule has 4 heteroatoms. The van der Waals surface area contributed by atoms with Crippen LogP contribution in [0.4, 0.5) is 5.13 Å². The fourth-order valence-electron chi connectivity index (χ4n) is 0.882. The Kier molecular flexibility index (Phi) is 3.78. The van der Waals surface area contributed by atoms with Crippen molar-refractivity contribution in [1.29, 1.82) is 0 Å². The van der Waals surface area contributed by atoms with E-state index in [1.54, 1.807) is 11.3 Å². The summed E-state index contributed by atoms with van der Waals surface area (Å²) in [5, 5.41) is 6.61. The molecule has 0 aromatic carbocycles. The molecule has 1 N–H and O–H groups in total. The number of thiazole rings is 1. The summed E-state index contributed by atoms with van der Waals surface area (Å²) in [7, 11) is 0. The topological polar surface area (TPSA) is 24.9 Å². The Hall–Kier alpha value is -0.280. The lowest BCUT2D eigenvalue weighted by molar-refractivity contribution is 0.274. The Morgan fingerprint density at radius 1 is 1.57 bits per heavy atom. The van der Waals surface area contributed by atoms with E-state index in [1.807, 2.05) is 5.38 Å². The van der Waals surface area contributed by atoms with Gasteiger partial charge >= 0.3 is 0 Å². The first-order chi connectivity index (χ1) is 6.39. The average molecular weight is 233 g/mol. The van der Waals surface area contributed by atoms with Gasteiger partial charge in [-0.2, -0.15) is 0 Å². The van der Waals surface area contributed by atoms with E-state index in [9.17, 15) is 0 Å². The summed E-state index contributed by atoms with van der Waals surface area (Å²) < 4.78 is 0. The SMILES string of the molecule is CC(CNc1nc(Cl)cs1)C(C)(C)C. The smallest absolute Gasteiger partial charge is 0.184 e. The van der Waals surface area contributed by atoms with E-state index in [-0.39, 0.29) is 0 Å². The van der Waals surface area contributed by atoms with E-state index in [0.29, 0.717) is 16.5 Å². The molecule has 1 atom stereocenters. The van der Waals surface area contributed by atoms with Gasteiger partial charge in [0.25, 0.3) is 0 Å². The fraction of sp³-hybridized carbons (Fsp3) is 0.700. The van der Waals surface area contributed by atoms with E-state index < -0.39 is 0 Å². The van der Waals surface area contributed by atoms with Crippen molar-refractivity contribution in [3.8, 4) is 0 Å². The van der Waals surface area contributed by atoms with E-state index in [4.69, 9.17) is 11.6 Å². The van der Waals surface area contributed by atoms with Crippen LogP contribution in [0.25, 0.3) is 0 Å². The third-order valence-electron chi connectivity index (χ3n) is 2.51. The highest BCUT2D eigenvalue weighted by atomic mass is 35.5. The zero-order valence-electron chi connectivity index (χ0n) is 9.10. The van der Waals surface area contributed by atoms with Gasteiger partial charge in [-0.05, 0) is 11.3 Å². The Morgan fingerprint density at radius 2 is 2.21 bits per heavy atom. The molecule has 80 valence electrons. The monoisotopic (exact) mass is 232 g/mol. The van der Waals surface area contributed by atoms with Crippen molar-refractivity contribution < 1.29 is 0 Å². The van der Waals surface area contributed by atoms with Crippen LogP contribution in [-0.2, 0) is 0 Å². The van der Waals surface area contributed by atoms with Gasteiger partial charge in [0.2, 0.25) is 0 Å². The predicted octanol–water partition coefficient (Wildman–Crippen LogP) is 3.89. The minimum absolute atomic E-state index is 0.327. The van der Waals surface area contributed by atoms with Gasteiger partial charge in [0.05, 0.1) is 0 Å². The molecule has 1 unspecified atom stereocenters. The number of anilines is 1. The molecule has 0 aliphatic heterocycles. The predicted molar refractivity (Wildman–Crippen MR) is 64.2 cm³/mol. The average Bonchev–Trinajstić information content (AvgIpc) is 2.45. The Bertz CT molecular complexity index is 291. The van der Waals surface area contributed by atoms with Crippen LogP contribution in [-0.4, -0.2) is 11.5 Å². The number of rotatable bonds is 3. The molecule has 0 bridgehead atoms. The van der Waals surface area contributed by atoms with Gasteiger partial charge in [-0.25, -0.2) is 4.98 Å². The number of hydrogen-bond acceptors (Lipinski definition) is 3. The van der Waals surface area contributed by atoms with Crippen LogP contribution in [0.15, 0.2) is 5.38 Å². The van der Waals surface area contributed by atoms with Crippen molar-refractivity contribution in [2.75, 3.05) is 11.9 Å². The van der Waals surface area contributed by atoms with Gasteiger partial charge in [0, 0.05) is 11.9 Å². The van der Waals surface area contributed by atoms with Crippen LogP contribution in [0.5, 0.6) is 0 Å². The molecule has 1 rings (SSSR count). The molecular formula is C10H17ClN2S. The van der Waals surface area contributed by atoms with Gasteiger partial charge in [-0.1, -0.05) is 39.3 Å². The minimum atomic E-state index is 0.327. The molecule has 0 aliphatic carbocycles. The number of nitrogens with zero attached hydrogens (tertiary/aromatic N) is 1. The van der Waals surface area contributed by atoms with Crippen molar-refractivity contribution in [1.82, 2.24) is 4.98 Å². The first kappa shape index (κ1) is 11.8. The van der Waals surface area contributed by atoms with Crippen LogP contribution in [0.2, 0.25) is 5.15 Å². The molecule has 1 heterocycles. The van der Waals surface area contributed by atoms with E-state index in [2.05, 4.69) is 38.0 Å². The highest BCUT2D eigenvalue weighted by Crippen LogP contribution is 2.26. The maximum atomic E-state index is 5.72. The largest absolute Gasteiger partial charge is 0.361 e. The molecule has 2 nitrogen and oxygen atoms in total. The number of aromatic nitrogens is 1. The van der Waals surface area contributed by atoms with E-state index >= 15 is 0 Å². The van der Waals surface area contributed by atoms with Crippen molar-refractivity contribution in [3.05, 3.63) is 10.5 Å². The molecule has 0 amide bonds. The zero-order valence-corrected chi connectivity index (χ0v) is 10.7. The first-order valence-electron chi connectivity index (χ1n) is 4.74. The minimum Gasteiger partial charge on any atom is -0.361 e. The van der Waals surface area contributed by atoms with Crippen molar-refractivity contribution in [2.24, 2.45) is 11.3 Å². The Morgan fingerprint density at radius 3 is 2.64 bits per heavy atom. The summed E-state index contributed by atoms with van der Waals surface area (Å²) in [6.07, 6.45) is 0. The maximum Gasteiger partial charge on any atom is 0.184 e. The van der Waals surface area contributed by atoms with Crippen LogP contribution in [0, 0.1) is 11.3 Å². The molecule has 0 aliphatic rings.